The molecule has 7 heteroatoms. The lowest BCUT2D eigenvalue weighted by molar-refractivity contribution is -0.137. The molecule has 1 aliphatic heterocycles. The molecular formula is C20H19ClF3NO2. The van der Waals surface area contributed by atoms with Crippen molar-refractivity contribution in [1.82, 2.24) is 0 Å². The minimum Gasteiger partial charge on any atom is -0.496 e. The van der Waals surface area contributed by atoms with Crippen molar-refractivity contribution in [3.05, 3.63) is 58.1 Å². The van der Waals surface area contributed by atoms with Crippen molar-refractivity contribution in [1.29, 1.82) is 0 Å². The molecule has 0 saturated carbocycles. The fourth-order valence-corrected chi connectivity index (χ4v) is 3.69. The van der Waals surface area contributed by atoms with Gasteiger partial charge in [0.1, 0.15) is 5.75 Å². The SMILES string of the molecule is COc1ccc(Cl)cc1C1c2cc(C(F)(F)F)ccc2N=CC1CCCO. The average molecular weight is 398 g/mol. The highest BCUT2D eigenvalue weighted by Gasteiger charge is 2.35. The molecule has 0 radical (unpaired) electrons. The Balaban J connectivity index is 2.18. The van der Waals surface area contributed by atoms with Gasteiger partial charge in [-0.3, -0.25) is 4.99 Å². The molecule has 2 atom stereocenters. The van der Waals surface area contributed by atoms with Gasteiger partial charge in [-0.15, -0.1) is 0 Å². The first kappa shape index (κ1) is 19.7. The van der Waals surface area contributed by atoms with E-state index < -0.39 is 17.7 Å². The van der Waals surface area contributed by atoms with Crippen LogP contribution in [0.25, 0.3) is 0 Å². The van der Waals surface area contributed by atoms with Crippen LogP contribution in [-0.2, 0) is 6.18 Å². The number of aliphatic hydroxyl groups is 1. The summed E-state index contributed by atoms with van der Waals surface area (Å²) < 4.78 is 45.3. The molecule has 0 saturated heterocycles. The van der Waals surface area contributed by atoms with E-state index in [1.54, 1.807) is 24.4 Å². The fraction of sp³-hybridized carbons (Fsp3) is 0.350. The first-order valence-electron chi connectivity index (χ1n) is 8.54. The van der Waals surface area contributed by atoms with Crippen LogP contribution in [0.5, 0.6) is 5.75 Å². The molecule has 1 N–H and O–H groups in total. The Labute approximate surface area is 160 Å². The smallest absolute Gasteiger partial charge is 0.416 e. The molecule has 0 spiro atoms. The van der Waals surface area contributed by atoms with E-state index in [-0.39, 0.29) is 12.5 Å². The third kappa shape index (κ3) is 4.12. The van der Waals surface area contributed by atoms with E-state index in [2.05, 4.69) is 4.99 Å². The largest absolute Gasteiger partial charge is 0.496 e. The normalized spacial score (nSPS) is 19.0. The maximum absolute atomic E-state index is 13.3. The lowest BCUT2D eigenvalue weighted by Gasteiger charge is -2.31. The summed E-state index contributed by atoms with van der Waals surface area (Å²) in [7, 11) is 1.51. The second-order valence-electron chi connectivity index (χ2n) is 6.44. The first-order chi connectivity index (χ1) is 12.8. The number of benzene rings is 2. The Morgan fingerprint density at radius 3 is 2.59 bits per heavy atom. The molecular weight excluding hydrogens is 379 g/mol. The number of aliphatic imine (C=N–C) groups is 1. The minimum atomic E-state index is -4.44. The summed E-state index contributed by atoms with van der Waals surface area (Å²) in [6.45, 7) is -0.000805. The molecule has 3 nitrogen and oxygen atoms in total. The van der Waals surface area contributed by atoms with Crippen molar-refractivity contribution in [3.8, 4) is 5.75 Å². The second kappa shape index (κ2) is 7.90. The molecule has 1 heterocycles. The van der Waals surface area contributed by atoms with Crippen LogP contribution in [0.3, 0.4) is 0 Å². The Morgan fingerprint density at radius 1 is 1.15 bits per heavy atom. The molecule has 1 aliphatic rings. The zero-order chi connectivity index (χ0) is 19.6. The second-order valence-corrected chi connectivity index (χ2v) is 6.88. The summed E-state index contributed by atoms with van der Waals surface area (Å²) in [6, 6.07) is 8.69. The van der Waals surface area contributed by atoms with Gasteiger partial charge in [0.2, 0.25) is 0 Å². The standard InChI is InChI=1S/C20H19ClF3NO2/c1-27-18-7-5-14(21)10-16(18)19-12(3-2-8-26)11-25-17-6-4-13(9-15(17)19)20(22,23)24/h4-7,9-12,19,26H,2-3,8H2,1H3. The number of nitrogens with zero attached hydrogens (tertiary/aromatic N) is 1. The van der Waals surface area contributed by atoms with Gasteiger partial charge in [0.15, 0.2) is 0 Å². The van der Waals surface area contributed by atoms with E-state index >= 15 is 0 Å². The molecule has 2 unspecified atom stereocenters. The molecule has 0 bridgehead atoms. The fourth-order valence-electron chi connectivity index (χ4n) is 3.50. The Hall–Kier alpha value is -2.05. The Kier molecular flexibility index (Phi) is 5.77. The predicted octanol–water partition coefficient (Wildman–Crippen LogP) is 5.60. The lowest BCUT2D eigenvalue weighted by atomic mass is 9.76. The number of halogens is 4. The van der Waals surface area contributed by atoms with Crippen molar-refractivity contribution in [3.63, 3.8) is 0 Å². The molecule has 0 fully saturated rings. The van der Waals surface area contributed by atoms with Crippen LogP contribution in [0.4, 0.5) is 18.9 Å². The van der Waals surface area contributed by atoms with Crippen LogP contribution >= 0.6 is 11.6 Å². The van der Waals surface area contributed by atoms with Gasteiger partial charge >= 0.3 is 6.18 Å². The van der Waals surface area contributed by atoms with Gasteiger partial charge in [-0.1, -0.05) is 11.6 Å². The third-order valence-corrected chi connectivity index (χ3v) is 4.98. The minimum absolute atomic E-state index is 0.000805. The highest BCUT2D eigenvalue weighted by atomic mass is 35.5. The summed E-state index contributed by atoms with van der Waals surface area (Å²) in [4.78, 5) is 4.36. The van der Waals surface area contributed by atoms with Gasteiger partial charge in [-0.25, -0.2) is 0 Å². The van der Waals surface area contributed by atoms with Crippen molar-refractivity contribution in [2.75, 3.05) is 13.7 Å². The van der Waals surface area contributed by atoms with E-state index in [1.807, 2.05) is 0 Å². The van der Waals surface area contributed by atoms with Gasteiger partial charge in [-0.2, -0.15) is 13.2 Å². The Morgan fingerprint density at radius 2 is 1.93 bits per heavy atom. The molecule has 27 heavy (non-hydrogen) atoms. The zero-order valence-corrected chi connectivity index (χ0v) is 15.4. The summed E-state index contributed by atoms with van der Waals surface area (Å²) in [5.74, 6) is -0.0300. The molecule has 2 aromatic carbocycles. The number of aliphatic hydroxyl groups excluding tert-OH is 1. The number of hydrogen-bond donors (Lipinski definition) is 1. The average Bonchev–Trinajstić information content (AvgIpc) is 2.64. The van der Waals surface area contributed by atoms with Crippen molar-refractivity contribution >= 4 is 23.5 Å². The van der Waals surface area contributed by atoms with E-state index in [4.69, 9.17) is 16.3 Å². The van der Waals surface area contributed by atoms with Gasteiger partial charge in [0.05, 0.1) is 18.4 Å². The third-order valence-electron chi connectivity index (χ3n) is 4.75. The molecule has 0 amide bonds. The summed E-state index contributed by atoms with van der Waals surface area (Å²) in [5.41, 5.74) is 0.969. The highest BCUT2D eigenvalue weighted by Crippen LogP contribution is 2.47. The Bertz CT molecular complexity index is 852. The molecule has 0 aliphatic carbocycles. The van der Waals surface area contributed by atoms with E-state index in [0.29, 0.717) is 40.4 Å². The number of methoxy groups -OCH3 is 1. The number of rotatable bonds is 5. The molecule has 3 rings (SSSR count). The van der Waals surface area contributed by atoms with Gasteiger partial charge in [-0.05, 0) is 54.8 Å². The van der Waals surface area contributed by atoms with Crippen LogP contribution in [0.2, 0.25) is 5.02 Å². The van der Waals surface area contributed by atoms with Crippen molar-refractivity contribution < 1.29 is 23.0 Å². The monoisotopic (exact) mass is 397 g/mol. The van der Waals surface area contributed by atoms with E-state index in [0.717, 1.165) is 12.1 Å². The van der Waals surface area contributed by atoms with Gasteiger partial charge in [0, 0.05) is 35.2 Å². The lowest BCUT2D eigenvalue weighted by Crippen LogP contribution is -2.21. The number of ether oxygens (including phenoxy) is 1. The topological polar surface area (TPSA) is 41.8 Å². The summed E-state index contributed by atoms with van der Waals surface area (Å²) in [6.07, 6.45) is -1.60. The molecule has 144 valence electrons. The predicted molar refractivity (Wildman–Crippen MR) is 99.3 cm³/mol. The number of alkyl halides is 3. The number of fused-ring (bicyclic) bond motifs is 1. The van der Waals surface area contributed by atoms with Crippen LogP contribution in [0.1, 0.15) is 35.4 Å². The molecule has 2 aromatic rings. The molecule has 0 aromatic heterocycles. The number of hydrogen-bond acceptors (Lipinski definition) is 3. The zero-order valence-electron chi connectivity index (χ0n) is 14.6. The highest BCUT2D eigenvalue weighted by molar-refractivity contribution is 6.30. The van der Waals surface area contributed by atoms with E-state index in [9.17, 15) is 18.3 Å². The maximum Gasteiger partial charge on any atom is 0.416 e. The van der Waals surface area contributed by atoms with E-state index in [1.165, 1.54) is 13.2 Å². The summed E-state index contributed by atoms with van der Waals surface area (Å²) in [5, 5.41) is 9.68. The maximum atomic E-state index is 13.3. The van der Waals surface area contributed by atoms with Crippen LogP contribution in [-0.4, -0.2) is 25.0 Å². The van der Waals surface area contributed by atoms with Crippen LogP contribution in [0.15, 0.2) is 41.4 Å². The van der Waals surface area contributed by atoms with Gasteiger partial charge in [0.25, 0.3) is 0 Å². The van der Waals surface area contributed by atoms with Crippen molar-refractivity contribution in [2.45, 2.75) is 24.9 Å². The van der Waals surface area contributed by atoms with Crippen LogP contribution < -0.4 is 4.74 Å². The quantitative estimate of drug-likeness (QED) is 0.713. The first-order valence-corrected chi connectivity index (χ1v) is 8.92. The van der Waals surface area contributed by atoms with Gasteiger partial charge < -0.3 is 9.84 Å². The van der Waals surface area contributed by atoms with Crippen molar-refractivity contribution in [2.24, 2.45) is 10.9 Å². The summed E-state index contributed by atoms with van der Waals surface area (Å²) >= 11 is 6.17. The van der Waals surface area contributed by atoms with Crippen LogP contribution in [0, 0.1) is 5.92 Å².